The molecule has 1 aromatic rings. The van der Waals surface area contributed by atoms with Gasteiger partial charge in [0.2, 0.25) is 0 Å². The van der Waals surface area contributed by atoms with Crippen LogP contribution in [-0.2, 0) is 14.3 Å². The van der Waals surface area contributed by atoms with Crippen molar-refractivity contribution in [2.24, 2.45) is 5.92 Å². The highest BCUT2D eigenvalue weighted by molar-refractivity contribution is 6.22. The number of carbonyl (C=O) groups is 4. The number of hydrogen-bond donors (Lipinski definition) is 1. The fourth-order valence-corrected chi connectivity index (χ4v) is 2.94. The first-order valence-corrected chi connectivity index (χ1v) is 9.23. The number of hydrogen-bond acceptors (Lipinski definition) is 5. The smallest absolute Gasteiger partial charge is 0.330 e. The Bertz CT molecular complexity index is 709. The lowest BCUT2D eigenvalue weighted by molar-refractivity contribution is -0.159. The van der Waals surface area contributed by atoms with Crippen molar-refractivity contribution in [2.75, 3.05) is 6.54 Å². The van der Waals surface area contributed by atoms with Gasteiger partial charge >= 0.3 is 5.97 Å². The average Bonchev–Trinajstić information content (AvgIpc) is 2.88. The molecule has 3 amide bonds. The zero-order valence-corrected chi connectivity index (χ0v) is 16.2. The molecule has 0 saturated carbocycles. The first kappa shape index (κ1) is 20.6. The molecule has 7 heteroatoms. The molecule has 146 valence electrons. The van der Waals surface area contributed by atoms with E-state index < -0.39 is 35.8 Å². The fraction of sp³-hybridized carbons (Fsp3) is 0.500. The van der Waals surface area contributed by atoms with E-state index in [0.29, 0.717) is 6.54 Å². The molecule has 1 aromatic carbocycles. The molecular formula is C20H26N2O5. The predicted octanol–water partition coefficient (Wildman–Crippen LogP) is 2.16. The SMILES string of the molecule is CCCNC(=O)[C@@H](C)OC(=O)[C@H](CC(C)C)N1C(=O)c2ccccc2C1=O. The van der Waals surface area contributed by atoms with Crippen LogP contribution in [0, 0.1) is 5.92 Å². The number of nitrogens with zero attached hydrogens (tertiary/aromatic N) is 1. The first-order chi connectivity index (χ1) is 12.8. The van der Waals surface area contributed by atoms with Crippen molar-refractivity contribution in [3.05, 3.63) is 35.4 Å². The van der Waals surface area contributed by atoms with Crippen LogP contribution in [0.4, 0.5) is 0 Å². The lowest BCUT2D eigenvalue weighted by Gasteiger charge is -2.27. The van der Waals surface area contributed by atoms with Gasteiger partial charge in [-0.05, 0) is 37.8 Å². The van der Waals surface area contributed by atoms with Gasteiger partial charge in [-0.25, -0.2) is 4.79 Å². The van der Waals surface area contributed by atoms with Crippen molar-refractivity contribution in [1.29, 1.82) is 0 Å². The number of carbonyl (C=O) groups excluding carboxylic acids is 4. The van der Waals surface area contributed by atoms with E-state index in [4.69, 9.17) is 4.74 Å². The summed E-state index contributed by atoms with van der Waals surface area (Å²) in [4.78, 5) is 51.1. The first-order valence-electron chi connectivity index (χ1n) is 9.23. The Hall–Kier alpha value is -2.70. The molecule has 0 spiro atoms. The van der Waals surface area contributed by atoms with E-state index in [1.165, 1.54) is 6.92 Å². The lowest BCUT2D eigenvalue weighted by Crippen LogP contribution is -2.48. The molecule has 1 aliphatic rings. The molecule has 0 unspecified atom stereocenters. The van der Waals surface area contributed by atoms with Crippen molar-refractivity contribution in [2.45, 2.75) is 52.7 Å². The van der Waals surface area contributed by atoms with Gasteiger partial charge in [-0.3, -0.25) is 19.3 Å². The quantitative estimate of drug-likeness (QED) is 0.556. The number of esters is 1. The van der Waals surface area contributed by atoms with Gasteiger partial charge in [0.05, 0.1) is 11.1 Å². The van der Waals surface area contributed by atoms with Gasteiger partial charge < -0.3 is 10.1 Å². The summed E-state index contributed by atoms with van der Waals surface area (Å²) in [5.74, 6) is -2.15. The highest BCUT2D eigenvalue weighted by Crippen LogP contribution is 2.27. The highest BCUT2D eigenvalue weighted by atomic mass is 16.5. The molecule has 0 radical (unpaired) electrons. The number of benzene rings is 1. The van der Waals surface area contributed by atoms with Crippen LogP contribution in [-0.4, -0.2) is 47.3 Å². The van der Waals surface area contributed by atoms with Crippen molar-refractivity contribution >= 4 is 23.7 Å². The second-order valence-corrected chi connectivity index (χ2v) is 7.04. The summed E-state index contributed by atoms with van der Waals surface area (Å²) in [6, 6.07) is 5.40. The number of rotatable bonds is 8. The molecule has 2 rings (SSSR count). The summed E-state index contributed by atoms with van der Waals surface area (Å²) in [7, 11) is 0. The van der Waals surface area contributed by atoms with Crippen molar-refractivity contribution in [1.82, 2.24) is 10.2 Å². The Balaban J connectivity index is 2.21. The van der Waals surface area contributed by atoms with Crippen molar-refractivity contribution in [3.8, 4) is 0 Å². The molecule has 1 aliphatic heterocycles. The van der Waals surface area contributed by atoms with Crippen LogP contribution in [0.25, 0.3) is 0 Å². The summed E-state index contributed by atoms with van der Waals surface area (Å²) in [6.07, 6.45) is 0.0132. The summed E-state index contributed by atoms with van der Waals surface area (Å²) in [6.45, 7) is 7.63. The van der Waals surface area contributed by atoms with E-state index in [0.717, 1.165) is 11.3 Å². The van der Waals surface area contributed by atoms with Crippen molar-refractivity contribution in [3.63, 3.8) is 0 Å². The average molecular weight is 374 g/mol. The maximum atomic E-state index is 12.7. The largest absolute Gasteiger partial charge is 0.451 e. The van der Waals surface area contributed by atoms with E-state index in [2.05, 4.69) is 5.32 Å². The second-order valence-electron chi connectivity index (χ2n) is 7.04. The fourth-order valence-electron chi connectivity index (χ4n) is 2.94. The van der Waals surface area contributed by atoms with E-state index in [9.17, 15) is 19.2 Å². The third-order valence-electron chi connectivity index (χ3n) is 4.32. The number of ether oxygens (including phenoxy) is 1. The molecule has 1 N–H and O–H groups in total. The Morgan fingerprint density at radius 1 is 1.07 bits per heavy atom. The monoisotopic (exact) mass is 374 g/mol. The third kappa shape index (κ3) is 4.53. The molecule has 7 nitrogen and oxygen atoms in total. The molecule has 27 heavy (non-hydrogen) atoms. The predicted molar refractivity (Wildman–Crippen MR) is 99.0 cm³/mol. The van der Waals surface area contributed by atoms with Gasteiger partial charge in [0.15, 0.2) is 6.10 Å². The van der Waals surface area contributed by atoms with Gasteiger partial charge in [-0.2, -0.15) is 0 Å². The third-order valence-corrected chi connectivity index (χ3v) is 4.32. The summed E-state index contributed by atoms with van der Waals surface area (Å²) in [5, 5.41) is 2.65. The van der Waals surface area contributed by atoms with Gasteiger partial charge in [0.25, 0.3) is 17.7 Å². The Kier molecular flexibility index (Phi) is 6.71. The molecule has 0 saturated heterocycles. The summed E-state index contributed by atoms with van der Waals surface area (Å²) in [5.41, 5.74) is 0.551. The van der Waals surface area contributed by atoms with Gasteiger partial charge in [-0.15, -0.1) is 0 Å². The number of nitrogens with one attached hydrogen (secondary N) is 1. The minimum atomic E-state index is -1.07. The van der Waals surface area contributed by atoms with E-state index in [-0.39, 0.29) is 23.5 Å². The van der Waals surface area contributed by atoms with Gasteiger partial charge in [-0.1, -0.05) is 32.9 Å². The summed E-state index contributed by atoms with van der Waals surface area (Å²) < 4.78 is 5.28. The maximum Gasteiger partial charge on any atom is 0.330 e. The van der Waals surface area contributed by atoms with Gasteiger partial charge in [0.1, 0.15) is 6.04 Å². The Labute approximate surface area is 159 Å². The molecule has 0 aromatic heterocycles. The number of imide groups is 1. The van der Waals surface area contributed by atoms with E-state index >= 15 is 0 Å². The standard InChI is InChI=1S/C20H26N2O5/c1-5-10-21-17(23)13(4)27-20(26)16(11-12(2)3)22-18(24)14-8-6-7-9-15(14)19(22)25/h6-9,12-13,16H,5,10-11H2,1-4H3,(H,21,23)/t13-,16+/m1/s1. The molecule has 2 atom stereocenters. The lowest BCUT2D eigenvalue weighted by atomic mass is 10.0. The Morgan fingerprint density at radius 3 is 2.11 bits per heavy atom. The van der Waals surface area contributed by atoms with Crippen LogP contribution >= 0.6 is 0 Å². The number of amides is 3. The summed E-state index contributed by atoms with van der Waals surface area (Å²) >= 11 is 0. The molecule has 0 aliphatic carbocycles. The number of fused-ring (bicyclic) bond motifs is 1. The highest BCUT2D eigenvalue weighted by Gasteiger charge is 2.44. The van der Waals surface area contributed by atoms with E-state index in [1.807, 2.05) is 20.8 Å². The van der Waals surface area contributed by atoms with Crippen LogP contribution in [0.3, 0.4) is 0 Å². The van der Waals surface area contributed by atoms with Crippen LogP contribution in [0.2, 0.25) is 0 Å². The topological polar surface area (TPSA) is 92.8 Å². The van der Waals surface area contributed by atoms with Crippen LogP contribution < -0.4 is 5.32 Å². The zero-order chi connectivity index (χ0) is 20.1. The zero-order valence-electron chi connectivity index (χ0n) is 16.2. The maximum absolute atomic E-state index is 12.7. The Morgan fingerprint density at radius 2 is 1.63 bits per heavy atom. The molecular weight excluding hydrogens is 348 g/mol. The van der Waals surface area contributed by atoms with Gasteiger partial charge in [0, 0.05) is 6.54 Å². The van der Waals surface area contributed by atoms with Crippen molar-refractivity contribution < 1.29 is 23.9 Å². The molecule has 1 heterocycles. The minimum Gasteiger partial charge on any atom is -0.451 e. The minimum absolute atomic E-state index is 0.0380. The second kappa shape index (κ2) is 8.79. The molecule has 0 bridgehead atoms. The van der Waals surface area contributed by atoms with Crippen LogP contribution in [0.1, 0.15) is 61.3 Å². The van der Waals surface area contributed by atoms with Crippen LogP contribution in [0.15, 0.2) is 24.3 Å². The molecule has 0 fully saturated rings. The van der Waals surface area contributed by atoms with E-state index in [1.54, 1.807) is 24.3 Å². The normalized spacial score (nSPS) is 15.5. The van der Waals surface area contributed by atoms with Crippen LogP contribution in [0.5, 0.6) is 0 Å².